The largest absolute Gasteiger partial charge is 0.489 e. The van der Waals surface area contributed by atoms with E-state index in [0.717, 1.165) is 5.56 Å². The van der Waals surface area contributed by atoms with E-state index < -0.39 is 5.97 Å². The lowest BCUT2D eigenvalue weighted by Gasteiger charge is -2.13. The molecule has 22 heavy (non-hydrogen) atoms. The number of carboxylic acid groups (broad SMARTS) is 1. The maximum atomic E-state index is 11.5. The van der Waals surface area contributed by atoms with Crippen molar-refractivity contribution >= 4 is 23.4 Å². The minimum absolute atomic E-state index is 0.216. The van der Waals surface area contributed by atoms with Crippen molar-refractivity contribution in [2.24, 2.45) is 0 Å². The van der Waals surface area contributed by atoms with Gasteiger partial charge in [0.15, 0.2) is 5.78 Å². The molecule has 2 rings (SSSR count). The Morgan fingerprint density at radius 2 is 1.86 bits per heavy atom. The van der Waals surface area contributed by atoms with Crippen LogP contribution in [0.25, 0.3) is 0 Å². The van der Waals surface area contributed by atoms with Gasteiger partial charge in [-0.1, -0.05) is 41.9 Å². The number of ketones is 1. The molecule has 2 aromatic carbocycles. The van der Waals surface area contributed by atoms with Crippen LogP contribution in [0.3, 0.4) is 0 Å². The maximum Gasteiger partial charge on any atom is 0.307 e. The summed E-state index contributed by atoms with van der Waals surface area (Å²) >= 11 is 6.07. The standard InChI is InChI=1S/C17H15ClO4/c1-11(19)14-7-13(8-17(20)21)16(9-15(14)18)22-10-12-5-3-2-4-6-12/h2-7,9H,8,10H2,1H3,(H,20,21). The van der Waals surface area contributed by atoms with E-state index in [1.807, 2.05) is 30.3 Å². The normalized spacial score (nSPS) is 10.3. The molecule has 0 saturated carbocycles. The van der Waals surface area contributed by atoms with Crippen molar-refractivity contribution in [1.29, 1.82) is 0 Å². The van der Waals surface area contributed by atoms with Crippen molar-refractivity contribution in [3.8, 4) is 5.75 Å². The number of carbonyl (C=O) groups excluding carboxylic acids is 1. The van der Waals surface area contributed by atoms with Crippen molar-refractivity contribution in [2.75, 3.05) is 0 Å². The van der Waals surface area contributed by atoms with E-state index in [1.54, 1.807) is 0 Å². The Bertz CT molecular complexity index is 695. The number of halogens is 1. The summed E-state index contributed by atoms with van der Waals surface area (Å²) in [5.41, 5.74) is 1.68. The van der Waals surface area contributed by atoms with Crippen LogP contribution in [0.15, 0.2) is 42.5 Å². The molecule has 4 nitrogen and oxygen atoms in total. The third-order valence-electron chi connectivity index (χ3n) is 3.11. The van der Waals surface area contributed by atoms with E-state index in [4.69, 9.17) is 21.4 Å². The lowest BCUT2D eigenvalue weighted by molar-refractivity contribution is -0.136. The third kappa shape index (κ3) is 4.09. The highest BCUT2D eigenvalue weighted by Crippen LogP contribution is 2.29. The van der Waals surface area contributed by atoms with Gasteiger partial charge in [-0.05, 0) is 24.6 Å². The quantitative estimate of drug-likeness (QED) is 0.824. The molecule has 0 atom stereocenters. The number of aliphatic carboxylic acids is 1. The predicted octanol–water partition coefficient (Wildman–Crippen LogP) is 3.75. The second kappa shape index (κ2) is 7.09. The number of carboxylic acids is 1. The van der Waals surface area contributed by atoms with Crippen molar-refractivity contribution in [3.05, 3.63) is 64.2 Å². The molecule has 114 valence electrons. The fourth-order valence-corrected chi connectivity index (χ4v) is 2.33. The Balaban J connectivity index is 2.30. The average molecular weight is 319 g/mol. The molecule has 0 heterocycles. The Kier molecular flexibility index (Phi) is 5.17. The fourth-order valence-electron chi connectivity index (χ4n) is 2.04. The van der Waals surface area contributed by atoms with Crippen LogP contribution in [-0.4, -0.2) is 16.9 Å². The van der Waals surface area contributed by atoms with Gasteiger partial charge >= 0.3 is 5.97 Å². The van der Waals surface area contributed by atoms with Crippen LogP contribution in [-0.2, 0) is 17.8 Å². The molecule has 0 amide bonds. The zero-order valence-electron chi connectivity index (χ0n) is 12.0. The Morgan fingerprint density at radius 3 is 2.45 bits per heavy atom. The number of hydrogen-bond donors (Lipinski definition) is 1. The van der Waals surface area contributed by atoms with Gasteiger partial charge in [-0.3, -0.25) is 9.59 Å². The highest BCUT2D eigenvalue weighted by atomic mass is 35.5. The highest BCUT2D eigenvalue weighted by molar-refractivity contribution is 6.34. The molecule has 0 aliphatic rings. The van der Waals surface area contributed by atoms with Crippen LogP contribution < -0.4 is 4.74 Å². The first-order valence-electron chi connectivity index (χ1n) is 6.69. The zero-order valence-corrected chi connectivity index (χ0v) is 12.8. The molecular weight excluding hydrogens is 304 g/mol. The van der Waals surface area contributed by atoms with Gasteiger partial charge in [0.1, 0.15) is 12.4 Å². The van der Waals surface area contributed by atoms with Crippen molar-refractivity contribution in [1.82, 2.24) is 0 Å². The molecule has 0 aromatic heterocycles. The van der Waals surface area contributed by atoms with Gasteiger partial charge in [0.05, 0.1) is 11.4 Å². The first-order chi connectivity index (χ1) is 10.5. The van der Waals surface area contributed by atoms with Gasteiger partial charge in [0.2, 0.25) is 0 Å². The molecule has 0 unspecified atom stereocenters. The summed E-state index contributed by atoms with van der Waals surface area (Å²) < 4.78 is 5.68. The minimum Gasteiger partial charge on any atom is -0.489 e. The van der Waals surface area contributed by atoms with Crippen LogP contribution in [0.2, 0.25) is 5.02 Å². The number of ether oxygens (including phenoxy) is 1. The Morgan fingerprint density at radius 1 is 1.18 bits per heavy atom. The molecule has 0 fully saturated rings. The number of carbonyl (C=O) groups is 2. The number of hydrogen-bond acceptors (Lipinski definition) is 3. The van der Waals surface area contributed by atoms with Crippen LogP contribution in [0.1, 0.15) is 28.4 Å². The topological polar surface area (TPSA) is 63.6 Å². The summed E-state index contributed by atoms with van der Waals surface area (Å²) in [5.74, 6) is -0.839. The van der Waals surface area contributed by atoms with Gasteiger partial charge in [0.25, 0.3) is 0 Å². The smallest absolute Gasteiger partial charge is 0.307 e. The molecule has 0 saturated heterocycles. The van der Waals surface area contributed by atoms with E-state index in [2.05, 4.69) is 0 Å². The number of benzene rings is 2. The van der Waals surface area contributed by atoms with E-state index in [9.17, 15) is 9.59 Å². The lowest BCUT2D eigenvalue weighted by atomic mass is 10.0. The summed E-state index contributed by atoms with van der Waals surface area (Å²) in [7, 11) is 0. The second-order valence-corrected chi connectivity index (χ2v) is 5.25. The molecule has 2 aromatic rings. The monoisotopic (exact) mass is 318 g/mol. The lowest BCUT2D eigenvalue weighted by Crippen LogP contribution is -2.06. The third-order valence-corrected chi connectivity index (χ3v) is 3.42. The summed E-state index contributed by atoms with van der Waals surface area (Å²) in [6.45, 7) is 1.68. The fraction of sp³-hybridized carbons (Fsp3) is 0.176. The SMILES string of the molecule is CC(=O)c1cc(CC(=O)O)c(OCc2ccccc2)cc1Cl. The van der Waals surface area contributed by atoms with Gasteiger partial charge in [-0.2, -0.15) is 0 Å². The highest BCUT2D eigenvalue weighted by Gasteiger charge is 2.15. The van der Waals surface area contributed by atoms with E-state index in [-0.39, 0.29) is 17.2 Å². The van der Waals surface area contributed by atoms with E-state index in [0.29, 0.717) is 23.5 Å². The van der Waals surface area contributed by atoms with Crippen LogP contribution in [0.4, 0.5) is 0 Å². The minimum atomic E-state index is -0.999. The average Bonchev–Trinajstić information content (AvgIpc) is 2.47. The molecule has 0 radical (unpaired) electrons. The molecule has 0 aliphatic carbocycles. The number of Topliss-reactive ketones (excluding diaryl/α,β-unsaturated/α-hetero) is 1. The Hall–Kier alpha value is -2.33. The summed E-state index contributed by atoms with van der Waals surface area (Å²) in [4.78, 5) is 22.5. The van der Waals surface area contributed by atoms with E-state index >= 15 is 0 Å². The maximum absolute atomic E-state index is 11.5. The van der Waals surface area contributed by atoms with Crippen LogP contribution in [0.5, 0.6) is 5.75 Å². The van der Waals surface area contributed by atoms with E-state index in [1.165, 1.54) is 19.1 Å². The van der Waals surface area contributed by atoms with Gasteiger partial charge < -0.3 is 9.84 Å². The van der Waals surface area contributed by atoms with Gasteiger partial charge in [-0.25, -0.2) is 0 Å². The summed E-state index contributed by atoms with van der Waals surface area (Å²) in [5, 5.41) is 9.26. The van der Waals surface area contributed by atoms with Gasteiger partial charge in [0, 0.05) is 11.1 Å². The zero-order chi connectivity index (χ0) is 16.1. The Labute approximate surface area is 133 Å². The first-order valence-corrected chi connectivity index (χ1v) is 7.07. The molecule has 1 N–H and O–H groups in total. The molecule has 0 spiro atoms. The van der Waals surface area contributed by atoms with Gasteiger partial charge in [-0.15, -0.1) is 0 Å². The molecule has 0 aliphatic heterocycles. The van der Waals surface area contributed by atoms with Crippen molar-refractivity contribution in [2.45, 2.75) is 20.0 Å². The second-order valence-electron chi connectivity index (χ2n) is 4.84. The first kappa shape index (κ1) is 16.0. The van der Waals surface area contributed by atoms with Crippen molar-refractivity contribution < 1.29 is 19.4 Å². The van der Waals surface area contributed by atoms with Crippen molar-refractivity contribution in [3.63, 3.8) is 0 Å². The predicted molar refractivity (Wildman–Crippen MR) is 83.6 cm³/mol. The summed E-state index contributed by atoms with van der Waals surface area (Å²) in [6, 6.07) is 12.5. The molecule has 5 heteroatoms. The van der Waals surface area contributed by atoms with Crippen LogP contribution >= 0.6 is 11.6 Å². The summed E-state index contributed by atoms with van der Waals surface area (Å²) in [6.07, 6.45) is -0.235. The molecular formula is C17H15ClO4. The molecule has 0 bridgehead atoms. The number of rotatable bonds is 6. The van der Waals surface area contributed by atoms with Crippen LogP contribution in [0, 0.1) is 0 Å².